The maximum Gasteiger partial charge on any atom is 0.381 e. The Hall–Kier alpha value is -2.71. The van der Waals surface area contributed by atoms with Gasteiger partial charge >= 0.3 is 11.8 Å². The molecule has 1 aromatic rings. The monoisotopic (exact) mass is 282 g/mol. The number of imidazole rings is 1. The fourth-order valence-electron chi connectivity index (χ4n) is 1.52. The zero-order chi connectivity index (χ0) is 15.1. The molecule has 0 saturated carbocycles. The van der Waals surface area contributed by atoms with Crippen LogP contribution in [0.2, 0.25) is 0 Å². The lowest BCUT2D eigenvalue weighted by Crippen LogP contribution is -2.36. The van der Waals surface area contributed by atoms with Gasteiger partial charge in [-0.1, -0.05) is 6.08 Å². The molecule has 1 N–H and O–H groups in total. The van der Waals surface area contributed by atoms with Gasteiger partial charge in [-0.3, -0.25) is 9.59 Å². The van der Waals surface area contributed by atoms with Gasteiger partial charge in [-0.05, 0) is 9.91 Å². The summed E-state index contributed by atoms with van der Waals surface area (Å²) in [5.74, 6) is -1.78. The Balaban J connectivity index is 2.57. The number of aromatic nitrogens is 2. The van der Waals surface area contributed by atoms with Crippen LogP contribution < -0.4 is 0 Å². The third-order valence-corrected chi connectivity index (χ3v) is 2.42. The summed E-state index contributed by atoms with van der Waals surface area (Å²) in [5.41, 5.74) is 0. The van der Waals surface area contributed by atoms with E-state index < -0.39 is 17.4 Å². The summed E-state index contributed by atoms with van der Waals surface area (Å²) in [4.78, 5) is 37.0. The average molecular weight is 282 g/mol. The molecule has 0 fully saturated rings. The number of rotatable bonds is 8. The molecule has 9 heteroatoms. The van der Waals surface area contributed by atoms with Crippen LogP contribution in [0.3, 0.4) is 0 Å². The van der Waals surface area contributed by atoms with Gasteiger partial charge < -0.3 is 24.7 Å². The summed E-state index contributed by atoms with van der Waals surface area (Å²) in [5, 5.41) is 19.1. The van der Waals surface area contributed by atoms with Crippen molar-refractivity contribution in [1.29, 1.82) is 0 Å². The summed E-state index contributed by atoms with van der Waals surface area (Å²) >= 11 is 0. The molecule has 1 aromatic heterocycles. The number of carboxylic acids is 1. The van der Waals surface area contributed by atoms with Crippen LogP contribution in [-0.2, 0) is 16.1 Å². The summed E-state index contributed by atoms with van der Waals surface area (Å²) in [7, 11) is 0. The van der Waals surface area contributed by atoms with E-state index in [0.717, 1.165) is 4.90 Å². The molecule has 1 heterocycles. The van der Waals surface area contributed by atoms with Crippen LogP contribution in [0.15, 0.2) is 25.2 Å². The SMILES string of the molecule is C=CCN(CC(=O)O)C(=O)CCn1cnc([N+](=O)[O-])c1. The number of carbonyl (C=O) groups excluding carboxylic acids is 1. The van der Waals surface area contributed by atoms with E-state index in [-0.39, 0.29) is 31.2 Å². The van der Waals surface area contributed by atoms with Crippen molar-refractivity contribution >= 4 is 17.7 Å². The molecule has 0 unspecified atom stereocenters. The van der Waals surface area contributed by atoms with Gasteiger partial charge in [0, 0.05) is 19.5 Å². The molecule has 0 saturated heterocycles. The van der Waals surface area contributed by atoms with E-state index in [0.29, 0.717) is 0 Å². The van der Waals surface area contributed by atoms with Crippen LogP contribution in [0.25, 0.3) is 0 Å². The zero-order valence-electron chi connectivity index (χ0n) is 10.6. The molecular weight excluding hydrogens is 268 g/mol. The first-order valence-electron chi connectivity index (χ1n) is 5.70. The largest absolute Gasteiger partial charge is 0.480 e. The summed E-state index contributed by atoms with van der Waals surface area (Å²) in [6, 6.07) is 0. The average Bonchev–Trinajstić information content (AvgIpc) is 2.84. The molecule has 0 aliphatic rings. The molecule has 0 bridgehead atoms. The minimum Gasteiger partial charge on any atom is -0.480 e. The van der Waals surface area contributed by atoms with E-state index in [9.17, 15) is 19.7 Å². The van der Waals surface area contributed by atoms with Crippen LogP contribution in [0.4, 0.5) is 5.82 Å². The minimum absolute atomic E-state index is 0.0225. The predicted octanol–water partition coefficient (Wildman–Crippen LogP) is 0.281. The number of nitrogens with zero attached hydrogens (tertiary/aromatic N) is 4. The number of carboxylic acid groups (broad SMARTS) is 1. The Labute approximate surface area is 114 Å². The van der Waals surface area contributed by atoms with Crippen LogP contribution >= 0.6 is 0 Å². The molecule has 0 aliphatic heterocycles. The predicted molar refractivity (Wildman–Crippen MR) is 67.9 cm³/mol. The zero-order valence-corrected chi connectivity index (χ0v) is 10.6. The number of hydrogen-bond donors (Lipinski definition) is 1. The molecule has 9 nitrogen and oxygen atoms in total. The molecular formula is C11H14N4O5. The topological polar surface area (TPSA) is 119 Å². The first-order chi connectivity index (χ1) is 9.43. The quantitative estimate of drug-likeness (QED) is 0.415. The Kier molecular flexibility index (Phi) is 5.39. The molecule has 0 aliphatic carbocycles. The molecule has 1 amide bonds. The van der Waals surface area contributed by atoms with Gasteiger partial charge in [0.15, 0.2) is 0 Å². The number of amides is 1. The number of hydrogen-bond acceptors (Lipinski definition) is 5. The maximum absolute atomic E-state index is 11.8. The number of aliphatic carboxylic acids is 1. The van der Waals surface area contributed by atoms with E-state index in [4.69, 9.17) is 5.11 Å². The van der Waals surface area contributed by atoms with Gasteiger partial charge in [-0.25, -0.2) is 0 Å². The van der Waals surface area contributed by atoms with Crippen LogP contribution in [-0.4, -0.2) is 49.4 Å². The number of aryl methyl sites for hydroxylation is 1. The van der Waals surface area contributed by atoms with Crippen molar-refractivity contribution in [3.05, 3.63) is 35.3 Å². The van der Waals surface area contributed by atoms with E-state index in [1.807, 2.05) is 0 Å². The second-order valence-electron chi connectivity index (χ2n) is 3.93. The summed E-state index contributed by atoms with van der Waals surface area (Å²) < 4.78 is 1.41. The first kappa shape index (κ1) is 15.3. The van der Waals surface area contributed by atoms with Gasteiger partial charge in [-0.15, -0.1) is 6.58 Å². The van der Waals surface area contributed by atoms with E-state index in [1.54, 1.807) is 0 Å². The molecule has 20 heavy (non-hydrogen) atoms. The third-order valence-electron chi connectivity index (χ3n) is 2.42. The van der Waals surface area contributed by atoms with Crippen molar-refractivity contribution in [2.45, 2.75) is 13.0 Å². The third kappa shape index (κ3) is 4.52. The van der Waals surface area contributed by atoms with Crippen LogP contribution in [0, 0.1) is 10.1 Å². The van der Waals surface area contributed by atoms with Crippen molar-refractivity contribution in [2.24, 2.45) is 0 Å². The molecule has 1 rings (SSSR count). The first-order valence-corrected chi connectivity index (χ1v) is 5.70. The standard InChI is InChI=1S/C11H14N4O5/c1-2-4-14(7-11(17)18)10(16)3-5-13-6-9(12-8-13)15(19)20/h2,6,8H,1,3-5,7H2,(H,17,18). The highest BCUT2D eigenvalue weighted by Gasteiger charge is 2.16. The maximum atomic E-state index is 11.8. The Morgan fingerprint density at radius 1 is 1.60 bits per heavy atom. The van der Waals surface area contributed by atoms with Crippen LogP contribution in [0.1, 0.15) is 6.42 Å². The van der Waals surface area contributed by atoms with Gasteiger partial charge in [0.1, 0.15) is 12.7 Å². The van der Waals surface area contributed by atoms with Gasteiger partial charge in [-0.2, -0.15) is 0 Å². The van der Waals surface area contributed by atoms with Crippen molar-refractivity contribution in [3.8, 4) is 0 Å². The molecule has 0 atom stereocenters. The lowest BCUT2D eigenvalue weighted by molar-refractivity contribution is -0.389. The molecule has 0 aromatic carbocycles. The highest BCUT2D eigenvalue weighted by molar-refractivity contribution is 5.81. The molecule has 0 spiro atoms. The minimum atomic E-state index is -1.11. The molecule has 108 valence electrons. The summed E-state index contributed by atoms with van der Waals surface area (Å²) in [6.45, 7) is 3.37. The smallest absolute Gasteiger partial charge is 0.381 e. The Morgan fingerprint density at radius 2 is 2.30 bits per heavy atom. The van der Waals surface area contributed by atoms with Gasteiger partial charge in [0.25, 0.3) is 0 Å². The van der Waals surface area contributed by atoms with Crippen molar-refractivity contribution < 1.29 is 19.6 Å². The van der Waals surface area contributed by atoms with Gasteiger partial charge in [0.05, 0.1) is 0 Å². The van der Waals surface area contributed by atoms with Gasteiger partial charge in [0.2, 0.25) is 12.2 Å². The highest BCUT2D eigenvalue weighted by Crippen LogP contribution is 2.07. The summed E-state index contributed by atoms with van der Waals surface area (Å²) in [6.07, 6.45) is 3.92. The fraction of sp³-hybridized carbons (Fsp3) is 0.364. The Bertz CT molecular complexity index is 525. The van der Waals surface area contributed by atoms with Crippen molar-refractivity contribution in [2.75, 3.05) is 13.1 Å². The number of nitro groups is 1. The molecule has 0 radical (unpaired) electrons. The van der Waals surface area contributed by atoms with E-state index in [2.05, 4.69) is 11.6 Å². The van der Waals surface area contributed by atoms with Crippen molar-refractivity contribution in [3.63, 3.8) is 0 Å². The lowest BCUT2D eigenvalue weighted by Gasteiger charge is -2.18. The fourth-order valence-corrected chi connectivity index (χ4v) is 1.52. The second-order valence-corrected chi connectivity index (χ2v) is 3.93. The van der Waals surface area contributed by atoms with E-state index >= 15 is 0 Å². The lowest BCUT2D eigenvalue weighted by atomic mass is 10.3. The number of carbonyl (C=O) groups is 2. The second kappa shape index (κ2) is 7.02. The van der Waals surface area contributed by atoms with Crippen molar-refractivity contribution in [1.82, 2.24) is 14.5 Å². The Morgan fingerprint density at radius 3 is 2.80 bits per heavy atom. The van der Waals surface area contributed by atoms with E-state index in [1.165, 1.54) is 23.2 Å². The van der Waals surface area contributed by atoms with Crippen LogP contribution in [0.5, 0.6) is 0 Å². The highest BCUT2D eigenvalue weighted by atomic mass is 16.6. The normalized spacial score (nSPS) is 10.0.